The van der Waals surface area contributed by atoms with Crippen LogP contribution in [0.3, 0.4) is 0 Å². The molecule has 2 saturated heterocycles. The van der Waals surface area contributed by atoms with Crippen molar-refractivity contribution >= 4 is 11.7 Å². The minimum atomic E-state index is -0.123. The first kappa shape index (κ1) is 13.3. The van der Waals surface area contributed by atoms with Gasteiger partial charge in [0, 0.05) is 23.7 Å². The van der Waals surface area contributed by atoms with Gasteiger partial charge in [-0.05, 0) is 38.7 Å². The number of carbonyl (C=O) groups is 2. The molecule has 4 nitrogen and oxygen atoms in total. The van der Waals surface area contributed by atoms with Crippen LogP contribution in [-0.4, -0.2) is 29.8 Å². The van der Waals surface area contributed by atoms with Gasteiger partial charge in [0.1, 0.15) is 0 Å². The van der Waals surface area contributed by atoms with E-state index in [-0.39, 0.29) is 17.7 Å². The number of hydrogen-bond donors (Lipinski definition) is 2. The molecule has 1 aromatic rings. The Labute approximate surface area is 118 Å². The van der Waals surface area contributed by atoms with Crippen LogP contribution in [0.15, 0.2) is 24.3 Å². The number of rotatable bonds is 3. The molecule has 4 heteroatoms. The quantitative estimate of drug-likeness (QED) is 0.826. The third kappa shape index (κ3) is 2.61. The first-order valence-electron chi connectivity index (χ1n) is 7.30. The number of amides is 1. The first-order valence-corrected chi connectivity index (χ1v) is 7.30. The van der Waals surface area contributed by atoms with Crippen molar-refractivity contribution in [3.8, 4) is 0 Å². The predicted octanol–water partition coefficient (Wildman–Crippen LogP) is 1.90. The second-order valence-corrected chi connectivity index (χ2v) is 5.88. The van der Waals surface area contributed by atoms with E-state index in [2.05, 4.69) is 10.6 Å². The van der Waals surface area contributed by atoms with Gasteiger partial charge in [0.2, 0.25) is 0 Å². The third-order valence-corrected chi connectivity index (χ3v) is 4.36. The molecule has 1 amide bonds. The second kappa shape index (κ2) is 5.37. The van der Waals surface area contributed by atoms with Gasteiger partial charge in [-0.25, -0.2) is 0 Å². The van der Waals surface area contributed by atoms with E-state index in [1.165, 1.54) is 19.8 Å². The average molecular weight is 272 g/mol. The number of Topliss-reactive ketones (excluding diaryl/α,β-unsaturated/α-hetero) is 1. The van der Waals surface area contributed by atoms with E-state index in [1.807, 2.05) is 0 Å². The Hall–Kier alpha value is -1.68. The van der Waals surface area contributed by atoms with Crippen molar-refractivity contribution in [1.29, 1.82) is 0 Å². The van der Waals surface area contributed by atoms with Gasteiger partial charge >= 0.3 is 0 Å². The fourth-order valence-corrected chi connectivity index (χ4v) is 3.43. The Balaban J connectivity index is 1.72. The summed E-state index contributed by atoms with van der Waals surface area (Å²) in [6.45, 7) is 1.50. The molecule has 0 aromatic heterocycles. The molecule has 2 aliphatic heterocycles. The van der Waals surface area contributed by atoms with Gasteiger partial charge in [-0.3, -0.25) is 9.59 Å². The number of ketones is 1. The van der Waals surface area contributed by atoms with Crippen molar-refractivity contribution < 1.29 is 9.59 Å². The third-order valence-electron chi connectivity index (χ3n) is 4.36. The Morgan fingerprint density at radius 3 is 2.30 bits per heavy atom. The van der Waals surface area contributed by atoms with E-state index in [0.29, 0.717) is 23.2 Å². The number of hydrogen-bond acceptors (Lipinski definition) is 3. The van der Waals surface area contributed by atoms with Crippen LogP contribution >= 0.6 is 0 Å². The highest BCUT2D eigenvalue weighted by atomic mass is 16.2. The molecular formula is C16H20N2O2. The minimum absolute atomic E-state index is 0.0684. The van der Waals surface area contributed by atoms with E-state index in [1.54, 1.807) is 24.3 Å². The van der Waals surface area contributed by atoms with Crippen molar-refractivity contribution in [2.75, 3.05) is 0 Å². The molecule has 2 heterocycles. The van der Waals surface area contributed by atoms with Crippen LogP contribution in [0.1, 0.15) is 53.3 Å². The second-order valence-electron chi connectivity index (χ2n) is 5.88. The zero-order chi connectivity index (χ0) is 14.1. The highest BCUT2D eigenvalue weighted by molar-refractivity contribution is 6.07. The van der Waals surface area contributed by atoms with Gasteiger partial charge in [-0.1, -0.05) is 18.2 Å². The van der Waals surface area contributed by atoms with E-state index >= 15 is 0 Å². The molecule has 20 heavy (non-hydrogen) atoms. The predicted molar refractivity (Wildman–Crippen MR) is 76.9 cm³/mol. The van der Waals surface area contributed by atoms with Crippen LogP contribution in [-0.2, 0) is 0 Å². The molecule has 106 valence electrons. The largest absolute Gasteiger partial charge is 0.349 e. The Bertz CT molecular complexity index is 529. The summed E-state index contributed by atoms with van der Waals surface area (Å²) in [4.78, 5) is 24.0. The highest BCUT2D eigenvalue weighted by Gasteiger charge is 2.34. The summed E-state index contributed by atoms with van der Waals surface area (Å²) in [6.07, 6.45) is 4.40. The monoisotopic (exact) mass is 272 g/mol. The molecule has 2 atom stereocenters. The summed E-state index contributed by atoms with van der Waals surface area (Å²) in [5.41, 5.74) is 0.993. The molecule has 1 aromatic carbocycles. The Morgan fingerprint density at radius 2 is 1.70 bits per heavy atom. The molecule has 2 bridgehead atoms. The lowest BCUT2D eigenvalue weighted by Gasteiger charge is -2.29. The topological polar surface area (TPSA) is 58.2 Å². The summed E-state index contributed by atoms with van der Waals surface area (Å²) >= 11 is 0. The van der Waals surface area contributed by atoms with Crippen LogP contribution in [0.25, 0.3) is 0 Å². The van der Waals surface area contributed by atoms with Gasteiger partial charge < -0.3 is 10.6 Å². The lowest BCUT2D eigenvalue weighted by molar-refractivity contribution is 0.0912. The summed E-state index contributed by atoms with van der Waals surface area (Å²) in [5.74, 6) is -0.191. The minimum Gasteiger partial charge on any atom is -0.349 e. The molecule has 3 rings (SSSR count). The molecule has 0 spiro atoms. The zero-order valence-electron chi connectivity index (χ0n) is 11.7. The number of piperidine rings is 1. The molecule has 0 aliphatic carbocycles. The van der Waals surface area contributed by atoms with Gasteiger partial charge in [-0.2, -0.15) is 0 Å². The molecule has 0 saturated carbocycles. The maximum Gasteiger partial charge on any atom is 0.252 e. The van der Waals surface area contributed by atoms with E-state index < -0.39 is 0 Å². The molecular weight excluding hydrogens is 252 g/mol. The van der Waals surface area contributed by atoms with E-state index in [0.717, 1.165) is 12.8 Å². The summed E-state index contributed by atoms with van der Waals surface area (Å²) in [5, 5.41) is 6.66. The highest BCUT2D eigenvalue weighted by Crippen LogP contribution is 2.27. The molecule has 2 aliphatic rings. The fourth-order valence-electron chi connectivity index (χ4n) is 3.43. The Morgan fingerprint density at radius 1 is 1.10 bits per heavy atom. The van der Waals surface area contributed by atoms with E-state index in [4.69, 9.17) is 0 Å². The molecule has 2 N–H and O–H groups in total. The summed E-state index contributed by atoms with van der Waals surface area (Å²) < 4.78 is 0. The summed E-state index contributed by atoms with van der Waals surface area (Å²) in [6, 6.07) is 8.34. The van der Waals surface area contributed by atoms with Crippen molar-refractivity contribution in [2.45, 2.75) is 50.7 Å². The maximum absolute atomic E-state index is 12.4. The number of fused-ring (bicyclic) bond motifs is 2. The number of carbonyl (C=O) groups excluding carboxylic acids is 2. The fraction of sp³-hybridized carbons (Fsp3) is 0.500. The maximum atomic E-state index is 12.4. The molecule has 2 unspecified atom stereocenters. The molecule has 0 radical (unpaired) electrons. The van der Waals surface area contributed by atoms with Crippen molar-refractivity contribution in [1.82, 2.24) is 10.6 Å². The SMILES string of the molecule is CC(=O)c1ccccc1C(=O)NC1CC2CCC(C1)N2. The lowest BCUT2D eigenvalue weighted by Crippen LogP contribution is -2.48. The van der Waals surface area contributed by atoms with Crippen molar-refractivity contribution in [2.24, 2.45) is 0 Å². The normalized spacial score (nSPS) is 28.1. The van der Waals surface area contributed by atoms with Gasteiger partial charge in [0.25, 0.3) is 5.91 Å². The van der Waals surface area contributed by atoms with Gasteiger partial charge in [0.05, 0.1) is 5.56 Å². The van der Waals surface area contributed by atoms with Crippen LogP contribution in [0.4, 0.5) is 0 Å². The lowest BCUT2D eigenvalue weighted by atomic mass is 9.98. The molecule has 2 fully saturated rings. The van der Waals surface area contributed by atoms with Crippen molar-refractivity contribution in [3.05, 3.63) is 35.4 Å². The number of benzene rings is 1. The van der Waals surface area contributed by atoms with Gasteiger partial charge in [0.15, 0.2) is 5.78 Å². The number of nitrogens with one attached hydrogen (secondary N) is 2. The smallest absolute Gasteiger partial charge is 0.252 e. The average Bonchev–Trinajstić information content (AvgIpc) is 2.78. The zero-order valence-corrected chi connectivity index (χ0v) is 11.7. The summed E-state index contributed by atoms with van der Waals surface area (Å²) in [7, 11) is 0. The van der Waals surface area contributed by atoms with Gasteiger partial charge in [-0.15, -0.1) is 0 Å². The van der Waals surface area contributed by atoms with Crippen molar-refractivity contribution in [3.63, 3.8) is 0 Å². The first-order chi connectivity index (χ1) is 9.63. The van der Waals surface area contributed by atoms with Crippen LogP contribution in [0.2, 0.25) is 0 Å². The Kier molecular flexibility index (Phi) is 3.57. The van der Waals surface area contributed by atoms with Crippen LogP contribution < -0.4 is 10.6 Å². The standard InChI is InChI=1S/C16H20N2O2/c1-10(19)14-4-2-3-5-15(14)16(20)18-13-8-11-6-7-12(9-13)17-11/h2-5,11-13,17H,6-9H2,1H3,(H,18,20). The van der Waals surface area contributed by atoms with Crippen LogP contribution in [0, 0.1) is 0 Å². The van der Waals surface area contributed by atoms with Crippen LogP contribution in [0.5, 0.6) is 0 Å². The van der Waals surface area contributed by atoms with E-state index in [9.17, 15) is 9.59 Å².